The van der Waals surface area contributed by atoms with E-state index < -0.39 is 0 Å². The van der Waals surface area contributed by atoms with Gasteiger partial charge in [-0.05, 0) is 29.8 Å². The summed E-state index contributed by atoms with van der Waals surface area (Å²) in [6.45, 7) is 0.535. The van der Waals surface area contributed by atoms with Crippen molar-refractivity contribution >= 4 is 38.4 Å². The van der Waals surface area contributed by atoms with Crippen LogP contribution in [0, 0.1) is 5.82 Å². The molecule has 21 heavy (non-hydrogen) atoms. The lowest BCUT2D eigenvalue weighted by Crippen LogP contribution is -1.99. The Hall–Kier alpha value is -1.36. The highest BCUT2D eigenvalue weighted by atomic mass is 79.9. The molecule has 0 saturated heterocycles. The van der Waals surface area contributed by atoms with Gasteiger partial charge in [0.25, 0.3) is 0 Å². The van der Waals surface area contributed by atoms with Gasteiger partial charge in [-0.3, -0.25) is 0 Å². The molecule has 0 fully saturated rings. The van der Waals surface area contributed by atoms with Gasteiger partial charge in [-0.1, -0.05) is 39.7 Å². The number of aliphatic hydroxyl groups excluding tert-OH is 1. The molecule has 0 unspecified atom stereocenters. The fourth-order valence-corrected chi connectivity index (χ4v) is 3.07. The van der Waals surface area contributed by atoms with Crippen molar-refractivity contribution < 1.29 is 9.50 Å². The molecule has 2 aromatic carbocycles. The van der Waals surface area contributed by atoms with Crippen LogP contribution in [0.25, 0.3) is 10.9 Å². The van der Waals surface area contributed by atoms with Gasteiger partial charge in [0.15, 0.2) is 0 Å². The Kier molecular flexibility index (Phi) is 4.02. The highest BCUT2D eigenvalue weighted by Crippen LogP contribution is 2.27. The van der Waals surface area contributed by atoms with Crippen LogP contribution in [0.15, 0.2) is 47.1 Å². The summed E-state index contributed by atoms with van der Waals surface area (Å²) < 4.78 is 15.9. The lowest BCUT2D eigenvalue weighted by Gasteiger charge is -2.08. The second-order valence-electron chi connectivity index (χ2n) is 4.84. The monoisotopic (exact) mass is 367 g/mol. The van der Waals surface area contributed by atoms with Crippen molar-refractivity contribution in [2.45, 2.75) is 13.2 Å². The number of aromatic nitrogens is 1. The Labute approximate surface area is 134 Å². The first-order chi connectivity index (χ1) is 10.1. The van der Waals surface area contributed by atoms with Crippen LogP contribution in [0.1, 0.15) is 11.1 Å². The zero-order chi connectivity index (χ0) is 15.0. The normalized spacial score (nSPS) is 11.2. The van der Waals surface area contributed by atoms with Crippen LogP contribution in [0.2, 0.25) is 5.02 Å². The molecule has 0 aliphatic heterocycles. The smallest absolute Gasteiger partial charge is 0.124 e. The molecule has 3 rings (SSSR count). The maximum Gasteiger partial charge on any atom is 0.124 e. The number of halogens is 3. The number of hydrogen-bond donors (Lipinski definition) is 1. The predicted molar refractivity (Wildman–Crippen MR) is 86.1 cm³/mol. The van der Waals surface area contributed by atoms with Gasteiger partial charge in [0.1, 0.15) is 5.82 Å². The molecule has 0 bridgehead atoms. The molecular formula is C16H12BrClFNO. The molecule has 3 aromatic rings. The Morgan fingerprint density at radius 3 is 2.67 bits per heavy atom. The third-order valence-corrected chi connectivity index (χ3v) is 4.43. The van der Waals surface area contributed by atoms with Crippen LogP contribution in [0.5, 0.6) is 0 Å². The van der Waals surface area contributed by atoms with E-state index in [1.54, 1.807) is 12.1 Å². The van der Waals surface area contributed by atoms with Crippen molar-refractivity contribution in [2.24, 2.45) is 0 Å². The number of benzene rings is 2. The maximum absolute atomic E-state index is 13.2. The second-order valence-corrected chi connectivity index (χ2v) is 6.13. The lowest BCUT2D eigenvalue weighted by molar-refractivity contribution is 0.283. The minimum atomic E-state index is -0.276. The number of hydrogen-bond acceptors (Lipinski definition) is 1. The van der Waals surface area contributed by atoms with E-state index >= 15 is 0 Å². The second kappa shape index (κ2) is 5.79. The van der Waals surface area contributed by atoms with E-state index in [9.17, 15) is 9.50 Å². The first-order valence-corrected chi connectivity index (χ1v) is 7.57. The maximum atomic E-state index is 13.2. The molecule has 0 saturated carbocycles. The Morgan fingerprint density at radius 1 is 1.14 bits per heavy atom. The number of rotatable bonds is 3. The fraction of sp³-hybridized carbons (Fsp3) is 0.125. The molecule has 108 valence electrons. The van der Waals surface area contributed by atoms with Crippen molar-refractivity contribution in [2.75, 3.05) is 0 Å². The van der Waals surface area contributed by atoms with Gasteiger partial charge in [0.2, 0.25) is 0 Å². The molecule has 2 nitrogen and oxygen atoms in total. The molecule has 0 aliphatic carbocycles. The SMILES string of the molecule is OCc1cn(Cc2ccc(F)cc2Br)c2cc(Cl)ccc12. The summed E-state index contributed by atoms with van der Waals surface area (Å²) in [5.74, 6) is -0.276. The third kappa shape index (κ3) is 2.84. The summed E-state index contributed by atoms with van der Waals surface area (Å²) in [5.41, 5.74) is 2.75. The predicted octanol–water partition coefficient (Wildman–Crippen LogP) is 4.74. The minimum Gasteiger partial charge on any atom is -0.392 e. The minimum absolute atomic E-state index is 0.0320. The molecule has 0 atom stereocenters. The molecule has 0 amide bonds. The van der Waals surface area contributed by atoms with Crippen LogP contribution in [-0.4, -0.2) is 9.67 Å². The number of nitrogens with zero attached hydrogens (tertiary/aromatic N) is 1. The van der Waals surface area contributed by atoms with Crippen LogP contribution < -0.4 is 0 Å². The molecule has 5 heteroatoms. The molecule has 0 radical (unpaired) electrons. The molecule has 1 aromatic heterocycles. The topological polar surface area (TPSA) is 25.2 Å². The highest BCUT2D eigenvalue weighted by molar-refractivity contribution is 9.10. The van der Waals surface area contributed by atoms with Crippen molar-refractivity contribution in [3.8, 4) is 0 Å². The van der Waals surface area contributed by atoms with E-state index in [-0.39, 0.29) is 12.4 Å². The first-order valence-electron chi connectivity index (χ1n) is 6.40. The van der Waals surface area contributed by atoms with E-state index in [1.165, 1.54) is 12.1 Å². The van der Waals surface area contributed by atoms with Crippen molar-refractivity contribution in [1.82, 2.24) is 4.57 Å². The number of aliphatic hydroxyl groups is 1. The summed E-state index contributed by atoms with van der Waals surface area (Å²) in [7, 11) is 0. The number of fused-ring (bicyclic) bond motifs is 1. The first kappa shape index (κ1) is 14.6. The van der Waals surface area contributed by atoms with Crippen molar-refractivity contribution in [1.29, 1.82) is 0 Å². The Morgan fingerprint density at radius 2 is 1.95 bits per heavy atom. The quantitative estimate of drug-likeness (QED) is 0.710. The van der Waals surface area contributed by atoms with Crippen molar-refractivity contribution in [3.05, 3.63) is 69.0 Å². The van der Waals surface area contributed by atoms with Crippen LogP contribution in [0.4, 0.5) is 4.39 Å². The van der Waals surface area contributed by atoms with Gasteiger partial charge in [0, 0.05) is 33.2 Å². The van der Waals surface area contributed by atoms with Gasteiger partial charge in [0.05, 0.1) is 12.1 Å². The van der Waals surface area contributed by atoms with Crippen LogP contribution in [0.3, 0.4) is 0 Å². The molecular weight excluding hydrogens is 357 g/mol. The Balaban J connectivity index is 2.09. The Bertz CT molecular complexity index is 815. The van der Waals surface area contributed by atoms with Crippen LogP contribution in [-0.2, 0) is 13.2 Å². The zero-order valence-corrected chi connectivity index (χ0v) is 13.3. The van der Waals surface area contributed by atoms with Gasteiger partial charge in [-0.25, -0.2) is 4.39 Å². The van der Waals surface area contributed by atoms with Gasteiger partial charge >= 0.3 is 0 Å². The summed E-state index contributed by atoms with van der Waals surface area (Å²) in [6.07, 6.45) is 1.90. The summed E-state index contributed by atoms with van der Waals surface area (Å²) in [5, 5.41) is 11.1. The average Bonchev–Trinajstić information content (AvgIpc) is 2.79. The summed E-state index contributed by atoms with van der Waals surface area (Å²) in [6, 6.07) is 10.2. The van der Waals surface area contributed by atoms with E-state index in [0.29, 0.717) is 11.6 Å². The van der Waals surface area contributed by atoms with E-state index in [4.69, 9.17) is 11.6 Å². The van der Waals surface area contributed by atoms with Gasteiger partial charge in [-0.2, -0.15) is 0 Å². The van der Waals surface area contributed by atoms with Crippen LogP contribution >= 0.6 is 27.5 Å². The van der Waals surface area contributed by atoms with E-state index in [2.05, 4.69) is 15.9 Å². The zero-order valence-electron chi connectivity index (χ0n) is 11.0. The summed E-state index contributed by atoms with van der Waals surface area (Å²) >= 11 is 9.44. The molecule has 1 N–H and O–H groups in total. The van der Waals surface area contributed by atoms with Gasteiger partial charge < -0.3 is 9.67 Å². The third-order valence-electron chi connectivity index (χ3n) is 3.45. The summed E-state index contributed by atoms with van der Waals surface area (Å²) in [4.78, 5) is 0. The standard InChI is InChI=1S/C16H12BrClFNO/c17-15-6-13(19)3-1-10(15)7-20-8-11(9-21)14-4-2-12(18)5-16(14)20/h1-6,8,21H,7,9H2. The van der Waals surface area contributed by atoms with Crippen molar-refractivity contribution in [3.63, 3.8) is 0 Å². The molecule has 0 aliphatic rings. The molecule has 1 heterocycles. The lowest BCUT2D eigenvalue weighted by atomic mass is 10.2. The average molecular weight is 369 g/mol. The largest absolute Gasteiger partial charge is 0.392 e. The van der Waals surface area contributed by atoms with E-state index in [1.807, 2.05) is 22.9 Å². The molecule has 0 spiro atoms. The van der Waals surface area contributed by atoms with Gasteiger partial charge in [-0.15, -0.1) is 0 Å². The fourth-order valence-electron chi connectivity index (χ4n) is 2.43. The highest BCUT2D eigenvalue weighted by Gasteiger charge is 2.10. The van der Waals surface area contributed by atoms with E-state index in [0.717, 1.165) is 26.5 Å².